The van der Waals surface area contributed by atoms with Crippen LogP contribution in [0.4, 0.5) is 10.1 Å². The Morgan fingerprint density at radius 1 is 1.32 bits per heavy atom. The smallest absolute Gasteiger partial charge is 0.345 e. The fourth-order valence-corrected chi connectivity index (χ4v) is 3.74. The molecule has 0 saturated heterocycles. The molecule has 2 atom stereocenters. The predicted molar refractivity (Wildman–Crippen MR) is 93.4 cm³/mol. The minimum Gasteiger partial charge on any atom is -0.361 e. The molecule has 0 bridgehead atoms. The minimum atomic E-state index is -0.397. The monoisotopic (exact) mass is 327 g/mol. The molecule has 6 heteroatoms. The van der Waals surface area contributed by atoms with E-state index in [-0.39, 0.29) is 10.4 Å². The van der Waals surface area contributed by atoms with Gasteiger partial charge in [-0.1, -0.05) is 48.5 Å². The summed E-state index contributed by atoms with van der Waals surface area (Å²) in [6.45, 7) is 16.6. The maximum Gasteiger partial charge on any atom is 0.345 e. The van der Waals surface area contributed by atoms with E-state index in [1.807, 2.05) is 0 Å². The minimum absolute atomic E-state index is 0.0811. The average Bonchev–Trinajstić information content (AvgIpc) is 2.73. The quantitative estimate of drug-likeness (QED) is 0.576. The molecule has 0 aliphatic rings. The van der Waals surface area contributed by atoms with Crippen LogP contribution >= 0.6 is 11.3 Å². The number of rotatable bonds is 6. The van der Waals surface area contributed by atoms with Crippen LogP contribution in [0, 0.1) is 32.8 Å². The number of nitro groups is 1. The van der Waals surface area contributed by atoms with E-state index in [9.17, 15) is 10.1 Å². The van der Waals surface area contributed by atoms with Gasteiger partial charge in [-0.3, -0.25) is 10.1 Å². The highest BCUT2D eigenvalue weighted by Crippen LogP contribution is 2.38. The highest BCUT2D eigenvalue weighted by Gasteiger charge is 2.32. The zero-order valence-electron chi connectivity index (χ0n) is 14.8. The van der Waals surface area contributed by atoms with Crippen molar-refractivity contribution in [3.8, 4) is 0 Å². The van der Waals surface area contributed by atoms with Crippen LogP contribution < -0.4 is 5.32 Å². The van der Waals surface area contributed by atoms with Crippen molar-refractivity contribution in [1.29, 1.82) is 0 Å². The number of aromatic nitrogens is 1. The van der Waals surface area contributed by atoms with E-state index in [1.54, 1.807) is 0 Å². The van der Waals surface area contributed by atoms with Gasteiger partial charge < -0.3 is 5.32 Å². The lowest BCUT2D eigenvalue weighted by atomic mass is 9.69. The molecule has 2 unspecified atom stereocenters. The summed E-state index contributed by atoms with van der Waals surface area (Å²) in [7, 11) is 0. The molecule has 1 N–H and O–H groups in total. The van der Waals surface area contributed by atoms with Crippen LogP contribution in [0.2, 0.25) is 0 Å². The molecule has 5 nitrogen and oxygen atoms in total. The van der Waals surface area contributed by atoms with Crippen molar-refractivity contribution >= 4 is 21.5 Å². The fourth-order valence-electron chi connectivity index (χ4n) is 3.10. The molecule has 0 aromatic carbocycles. The van der Waals surface area contributed by atoms with Crippen LogP contribution in [0.5, 0.6) is 0 Å². The molecule has 22 heavy (non-hydrogen) atoms. The average molecular weight is 327 g/mol. The van der Waals surface area contributed by atoms with E-state index in [1.165, 1.54) is 6.20 Å². The molecule has 1 rings (SSSR count). The molecule has 126 valence electrons. The molecule has 0 radical (unpaired) electrons. The van der Waals surface area contributed by atoms with E-state index in [2.05, 4.69) is 58.8 Å². The van der Waals surface area contributed by atoms with Gasteiger partial charge in [0, 0.05) is 6.54 Å². The third kappa shape index (κ3) is 5.91. The highest BCUT2D eigenvalue weighted by atomic mass is 32.1. The lowest BCUT2D eigenvalue weighted by Crippen LogP contribution is -2.34. The van der Waals surface area contributed by atoms with Gasteiger partial charge in [0.1, 0.15) is 6.20 Å². The van der Waals surface area contributed by atoms with E-state index < -0.39 is 4.92 Å². The lowest BCUT2D eigenvalue weighted by Gasteiger charge is -2.38. The Balaban J connectivity index is 2.75. The van der Waals surface area contributed by atoms with Crippen LogP contribution in [0.15, 0.2) is 6.20 Å². The van der Waals surface area contributed by atoms with Crippen molar-refractivity contribution in [2.24, 2.45) is 22.7 Å². The normalized spacial score (nSPS) is 15.4. The summed E-state index contributed by atoms with van der Waals surface area (Å²) in [5.41, 5.74) is 0.462. The molecule has 0 saturated carbocycles. The third-order valence-electron chi connectivity index (χ3n) is 3.88. The largest absolute Gasteiger partial charge is 0.361 e. The maximum atomic E-state index is 10.7. The van der Waals surface area contributed by atoms with Gasteiger partial charge in [0.15, 0.2) is 5.13 Å². The third-order valence-corrected chi connectivity index (χ3v) is 4.79. The molecule has 1 aromatic rings. The first-order chi connectivity index (χ1) is 9.90. The highest BCUT2D eigenvalue weighted by molar-refractivity contribution is 7.18. The first kappa shape index (κ1) is 18.9. The standard InChI is InChI=1S/C16H29N3O2S/c1-11(8-15(2,3)4)12(16(5,6)7)9-17-14-18-10-13(22-14)19(20)21/h10-12H,8-9H2,1-7H3,(H,17,18). The zero-order chi connectivity index (χ0) is 17.1. The Bertz CT molecular complexity index is 500. The molecule has 0 fully saturated rings. The lowest BCUT2D eigenvalue weighted by molar-refractivity contribution is -0.380. The summed E-state index contributed by atoms with van der Waals surface area (Å²) >= 11 is 1.10. The number of nitrogens with one attached hydrogen (secondary N) is 1. The van der Waals surface area contributed by atoms with Crippen molar-refractivity contribution in [2.45, 2.75) is 54.9 Å². The number of hydrogen-bond acceptors (Lipinski definition) is 5. The van der Waals surface area contributed by atoms with Gasteiger partial charge in [0.05, 0.1) is 4.92 Å². The molecule has 0 amide bonds. The first-order valence-corrected chi connectivity index (χ1v) is 8.56. The number of nitrogens with zero attached hydrogens (tertiary/aromatic N) is 2. The fraction of sp³-hybridized carbons (Fsp3) is 0.812. The molecular formula is C16H29N3O2S. The van der Waals surface area contributed by atoms with Crippen molar-refractivity contribution in [2.75, 3.05) is 11.9 Å². The van der Waals surface area contributed by atoms with Gasteiger partial charge >= 0.3 is 5.00 Å². The summed E-state index contributed by atoms with van der Waals surface area (Å²) in [6.07, 6.45) is 2.46. The van der Waals surface area contributed by atoms with Gasteiger partial charge in [-0.25, -0.2) is 4.98 Å². The number of hydrogen-bond donors (Lipinski definition) is 1. The Labute approximate surface area is 137 Å². The second-order valence-electron chi connectivity index (χ2n) is 8.36. The first-order valence-electron chi connectivity index (χ1n) is 7.74. The Morgan fingerprint density at radius 2 is 1.91 bits per heavy atom. The van der Waals surface area contributed by atoms with Gasteiger partial charge in [0.2, 0.25) is 0 Å². The van der Waals surface area contributed by atoms with Crippen LogP contribution in [-0.4, -0.2) is 16.5 Å². The summed E-state index contributed by atoms with van der Waals surface area (Å²) < 4.78 is 0. The van der Waals surface area contributed by atoms with E-state index in [0.29, 0.717) is 22.4 Å². The van der Waals surface area contributed by atoms with Crippen LogP contribution in [-0.2, 0) is 0 Å². The zero-order valence-corrected chi connectivity index (χ0v) is 15.6. The van der Waals surface area contributed by atoms with Gasteiger partial charge in [-0.2, -0.15) is 0 Å². The van der Waals surface area contributed by atoms with Crippen molar-refractivity contribution in [3.05, 3.63) is 16.3 Å². The van der Waals surface area contributed by atoms with Crippen molar-refractivity contribution < 1.29 is 4.92 Å². The second kappa shape index (κ2) is 6.94. The Morgan fingerprint density at radius 3 is 2.32 bits per heavy atom. The van der Waals surface area contributed by atoms with Crippen LogP contribution in [0.25, 0.3) is 0 Å². The Hall–Kier alpha value is -1.17. The van der Waals surface area contributed by atoms with Crippen molar-refractivity contribution in [3.63, 3.8) is 0 Å². The van der Waals surface area contributed by atoms with E-state index >= 15 is 0 Å². The number of thiazole rings is 1. The van der Waals surface area contributed by atoms with Crippen LogP contribution in [0.1, 0.15) is 54.9 Å². The Kier molecular flexibility index (Phi) is 5.96. The SMILES string of the molecule is CC(CC(C)(C)C)C(CNc1ncc([N+](=O)[O-])s1)C(C)(C)C. The van der Waals surface area contributed by atoms with Gasteiger partial charge in [0.25, 0.3) is 0 Å². The second-order valence-corrected chi connectivity index (χ2v) is 9.37. The van der Waals surface area contributed by atoms with Crippen LogP contribution in [0.3, 0.4) is 0 Å². The summed E-state index contributed by atoms with van der Waals surface area (Å²) in [5.74, 6) is 1.03. The molecular weight excluding hydrogens is 298 g/mol. The molecule has 1 aromatic heterocycles. The van der Waals surface area contributed by atoms with Gasteiger partial charge in [-0.15, -0.1) is 0 Å². The molecule has 1 heterocycles. The van der Waals surface area contributed by atoms with E-state index in [0.717, 1.165) is 24.3 Å². The summed E-state index contributed by atoms with van der Waals surface area (Å²) in [5, 5.41) is 14.7. The topological polar surface area (TPSA) is 68.1 Å². The van der Waals surface area contributed by atoms with E-state index in [4.69, 9.17) is 0 Å². The van der Waals surface area contributed by atoms with Gasteiger partial charge in [-0.05, 0) is 40.4 Å². The summed E-state index contributed by atoms with van der Waals surface area (Å²) in [4.78, 5) is 14.4. The summed E-state index contributed by atoms with van der Waals surface area (Å²) in [6, 6.07) is 0. The number of anilines is 1. The molecule has 0 aliphatic carbocycles. The maximum absolute atomic E-state index is 10.7. The molecule has 0 aliphatic heterocycles. The molecule has 0 spiro atoms. The predicted octanol–water partition coefficient (Wildman–Crippen LogP) is 5.20. The van der Waals surface area contributed by atoms with Crippen molar-refractivity contribution in [1.82, 2.24) is 4.98 Å².